The number of nitrogens with two attached hydrogens (primary N) is 1. The average molecular weight is 380 g/mol. The fourth-order valence-corrected chi connectivity index (χ4v) is 3.20. The molecule has 1 heterocycles. The summed E-state index contributed by atoms with van der Waals surface area (Å²) in [5.74, 6) is -3.52. The summed E-state index contributed by atoms with van der Waals surface area (Å²) >= 11 is 7.31. The molecule has 1 aromatic heterocycles. The van der Waals surface area contributed by atoms with Crippen molar-refractivity contribution < 1.29 is 18.3 Å². The molecule has 0 unspecified atom stereocenters. The zero-order valence-electron chi connectivity index (χ0n) is 12.8. The molecule has 3 nitrogen and oxygen atoms in total. The van der Waals surface area contributed by atoms with E-state index in [-0.39, 0.29) is 12.4 Å². The van der Waals surface area contributed by atoms with Crippen LogP contribution in [0.25, 0.3) is 11.1 Å². The van der Waals surface area contributed by atoms with Crippen LogP contribution in [-0.4, -0.2) is 5.91 Å². The van der Waals surface area contributed by atoms with Crippen molar-refractivity contribution in [1.82, 2.24) is 0 Å². The third-order valence-corrected chi connectivity index (χ3v) is 4.67. The van der Waals surface area contributed by atoms with Gasteiger partial charge in [-0.15, -0.1) is 11.3 Å². The van der Waals surface area contributed by atoms with Gasteiger partial charge in [0.2, 0.25) is 0 Å². The molecule has 25 heavy (non-hydrogen) atoms. The van der Waals surface area contributed by atoms with E-state index in [2.05, 4.69) is 0 Å². The van der Waals surface area contributed by atoms with Gasteiger partial charge >= 0.3 is 0 Å². The molecule has 0 bridgehead atoms. The van der Waals surface area contributed by atoms with Crippen LogP contribution in [0.3, 0.4) is 0 Å². The number of carbonyl (C=O) groups is 1. The van der Waals surface area contributed by atoms with E-state index in [9.17, 15) is 13.6 Å². The summed E-state index contributed by atoms with van der Waals surface area (Å²) in [6.07, 6.45) is 0. The van der Waals surface area contributed by atoms with Crippen molar-refractivity contribution in [3.63, 3.8) is 0 Å². The molecule has 1 amide bonds. The van der Waals surface area contributed by atoms with E-state index in [1.165, 1.54) is 11.3 Å². The third-order valence-electron chi connectivity index (χ3n) is 3.50. The minimum Gasteiger partial charge on any atom is -0.485 e. The quantitative estimate of drug-likeness (QED) is 0.676. The molecule has 0 aliphatic carbocycles. The summed E-state index contributed by atoms with van der Waals surface area (Å²) in [7, 11) is 0. The molecule has 0 radical (unpaired) electrons. The van der Waals surface area contributed by atoms with Gasteiger partial charge in [0.1, 0.15) is 18.0 Å². The van der Waals surface area contributed by atoms with Gasteiger partial charge in [-0.2, -0.15) is 0 Å². The monoisotopic (exact) mass is 379 g/mol. The topological polar surface area (TPSA) is 52.3 Å². The molecule has 0 aliphatic rings. The Labute approximate surface area is 151 Å². The number of carbonyl (C=O) groups excluding carboxylic acids is 1. The summed E-state index contributed by atoms with van der Waals surface area (Å²) in [4.78, 5) is 12.0. The highest BCUT2D eigenvalue weighted by atomic mass is 35.5. The van der Waals surface area contributed by atoms with E-state index in [1.54, 1.807) is 12.1 Å². The van der Waals surface area contributed by atoms with E-state index in [0.717, 1.165) is 28.1 Å². The van der Waals surface area contributed by atoms with E-state index in [1.807, 2.05) is 23.6 Å². The molecule has 7 heteroatoms. The van der Waals surface area contributed by atoms with Gasteiger partial charge in [0.15, 0.2) is 11.6 Å². The van der Waals surface area contributed by atoms with Crippen molar-refractivity contribution in [3.8, 4) is 16.9 Å². The molecule has 2 aromatic carbocycles. The smallest absolute Gasteiger partial charge is 0.254 e. The number of thiophene rings is 1. The molecule has 3 rings (SSSR count). The lowest BCUT2D eigenvalue weighted by molar-refractivity contribution is 0.0991. The molecule has 0 atom stereocenters. The normalized spacial score (nSPS) is 10.7. The standard InChI is InChI=1S/C18H12ClF2NO2S/c19-12-3-1-10(2-4-12)11-7-13(25-9-11)8-24-15-6-5-14(20)16(17(15)21)18(22)23/h1-7,9H,8H2,(H2,22,23). The highest BCUT2D eigenvalue weighted by Crippen LogP contribution is 2.29. The number of hydrogen-bond acceptors (Lipinski definition) is 3. The second-order valence-corrected chi connectivity index (χ2v) is 6.63. The maximum absolute atomic E-state index is 14.1. The van der Waals surface area contributed by atoms with Crippen molar-refractivity contribution in [1.29, 1.82) is 0 Å². The highest BCUT2D eigenvalue weighted by Gasteiger charge is 2.19. The number of benzene rings is 2. The number of hydrogen-bond donors (Lipinski definition) is 1. The predicted octanol–water partition coefficient (Wildman–Crippen LogP) is 5.02. The van der Waals surface area contributed by atoms with Gasteiger partial charge in [-0.25, -0.2) is 8.78 Å². The molecular weight excluding hydrogens is 368 g/mol. The van der Waals surface area contributed by atoms with E-state index >= 15 is 0 Å². The zero-order valence-corrected chi connectivity index (χ0v) is 14.3. The molecule has 2 N–H and O–H groups in total. The lowest BCUT2D eigenvalue weighted by Gasteiger charge is -2.08. The van der Waals surface area contributed by atoms with Crippen LogP contribution in [0.15, 0.2) is 47.8 Å². The van der Waals surface area contributed by atoms with Crippen LogP contribution in [0.2, 0.25) is 5.02 Å². The highest BCUT2D eigenvalue weighted by molar-refractivity contribution is 7.10. The van der Waals surface area contributed by atoms with Crippen LogP contribution in [0.4, 0.5) is 8.78 Å². The van der Waals surface area contributed by atoms with Crippen LogP contribution >= 0.6 is 22.9 Å². The van der Waals surface area contributed by atoms with Gasteiger partial charge in [-0.05, 0) is 46.8 Å². The van der Waals surface area contributed by atoms with Crippen LogP contribution in [0, 0.1) is 11.6 Å². The van der Waals surface area contributed by atoms with Crippen LogP contribution in [-0.2, 0) is 6.61 Å². The van der Waals surface area contributed by atoms with Crippen molar-refractivity contribution in [2.45, 2.75) is 6.61 Å². The Morgan fingerprint density at radius 1 is 1.12 bits per heavy atom. The molecule has 0 fully saturated rings. The first-order valence-corrected chi connectivity index (χ1v) is 8.45. The SMILES string of the molecule is NC(=O)c1c(F)ccc(OCc2cc(-c3ccc(Cl)cc3)cs2)c1F. The first-order valence-electron chi connectivity index (χ1n) is 7.19. The van der Waals surface area contributed by atoms with Gasteiger partial charge in [-0.1, -0.05) is 23.7 Å². The summed E-state index contributed by atoms with van der Waals surface area (Å²) in [5, 5.41) is 2.59. The zero-order chi connectivity index (χ0) is 18.0. The Morgan fingerprint density at radius 2 is 1.84 bits per heavy atom. The van der Waals surface area contributed by atoms with Crippen LogP contribution in [0.5, 0.6) is 5.75 Å². The lowest BCUT2D eigenvalue weighted by atomic mass is 10.1. The van der Waals surface area contributed by atoms with Crippen molar-refractivity contribution in [2.24, 2.45) is 5.73 Å². The maximum Gasteiger partial charge on any atom is 0.254 e. The number of rotatable bonds is 5. The van der Waals surface area contributed by atoms with Gasteiger partial charge in [-0.3, -0.25) is 4.79 Å². The number of primary amides is 1. The van der Waals surface area contributed by atoms with Gasteiger partial charge < -0.3 is 10.5 Å². The Morgan fingerprint density at radius 3 is 2.52 bits per heavy atom. The van der Waals surface area contributed by atoms with E-state index < -0.39 is 23.1 Å². The van der Waals surface area contributed by atoms with E-state index in [0.29, 0.717) is 5.02 Å². The van der Waals surface area contributed by atoms with Crippen molar-refractivity contribution >= 4 is 28.8 Å². The lowest BCUT2D eigenvalue weighted by Crippen LogP contribution is -2.16. The number of amides is 1. The van der Waals surface area contributed by atoms with Crippen molar-refractivity contribution in [3.05, 3.63) is 74.9 Å². The summed E-state index contributed by atoms with van der Waals surface area (Å²) in [6.45, 7) is 0.0824. The summed E-state index contributed by atoms with van der Waals surface area (Å²) < 4.78 is 33.0. The Balaban J connectivity index is 1.76. The molecule has 0 aliphatic heterocycles. The van der Waals surface area contributed by atoms with Gasteiger partial charge in [0.05, 0.1) is 0 Å². The summed E-state index contributed by atoms with van der Waals surface area (Å²) in [5.41, 5.74) is 6.17. The summed E-state index contributed by atoms with van der Waals surface area (Å²) in [6, 6.07) is 11.4. The fourth-order valence-electron chi connectivity index (χ4n) is 2.27. The van der Waals surface area contributed by atoms with Gasteiger partial charge in [0, 0.05) is 9.90 Å². The second kappa shape index (κ2) is 7.21. The molecular formula is C18H12ClF2NO2S. The Kier molecular flexibility index (Phi) is 5.01. The minimum absolute atomic E-state index is 0.0824. The number of halogens is 3. The van der Waals surface area contributed by atoms with Crippen molar-refractivity contribution in [2.75, 3.05) is 0 Å². The number of ether oxygens (including phenoxy) is 1. The first kappa shape index (κ1) is 17.4. The molecule has 0 spiro atoms. The second-order valence-electron chi connectivity index (χ2n) is 5.20. The van der Waals surface area contributed by atoms with Gasteiger partial charge in [0.25, 0.3) is 5.91 Å². The molecule has 128 valence electrons. The molecule has 0 saturated heterocycles. The van der Waals surface area contributed by atoms with E-state index in [4.69, 9.17) is 22.1 Å². The largest absolute Gasteiger partial charge is 0.485 e. The molecule has 0 saturated carbocycles. The average Bonchev–Trinajstić information content (AvgIpc) is 3.03. The Bertz CT molecular complexity index is 925. The first-order chi connectivity index (χ1) is 12.0. The van der Waals surface area contributed by atoms with Crippen LogP contribution < -0.4 is 10.5 Å². The molecule has 3 aromatic rings. The fraction of sp³-hybridized carbons (Fsp3) is 0.0556. The minimum atomic E-state index is -1.18. The maximum atomic E-state index is 14.1. The predicted molar refractivity (Wildman–Crippen MR) is 94.0 cm³/mol. The Hall–Kier alpha value is -2.44. The van der Waals surface area contributed by atoms with Crippen LogP contribution in [0.1, 0.15) is 15.2 Å². The third kappa shape index (κ3) is 3.81.